The van der Waals surface area contributed by atoms with E-state index in [-0.39, 0.29) is 5.91 Å². The maximum Gasteiger partial charge on any atom is 0.239 e. The summed E-state index contributed by atoms with van der Waals surface area (Å²) >= 11 is 0. The number of carbonyl (C=O) groups is 2. The minimum atomic E-state index is -0.510. The fraction of sp³-hybridized carbons (Fsp3) is 0.778. The Morgan fingerprint density at radius 3 is 2.38 bits per heavy atom. The zero-order chi connectivity index (χ0) is 10.3. The van der Waals surface area contributed by atoms with Crippen LogP contribution in [0.25, 0.3) is 0 Å². The molecule has 4 nitrogen and oxygen atoms in total. The van der Waals surface area contributed by atoms with Gasteiger partial charge >= 0.3 is 0 Å². The van der Waals surface area contributed by atoms with Crippen molar-refractivity contribution in [3.63, 3.8) is 0 Å². The lowest BCUT2D eigenvalue weighted by Crippen LogP contribution is -2.43. The van der Waals surface area contributed by atoms with Crippen LogP contribution in [0, 0.1) is 0 Å². The van der Waals surface area contributed by atoms with Crippen molar-refractivity contribution in [2.45, 2.75) is 45.6 Å². The summed E-state index contributed by atoms with van der Waals surface area (Å²) < 4.78 is 0. The third-order valence-electron chi connectivity index (χ3n) is 1.84. The van der Waals surface area contributed by atoms with Crippen LogP contribution in [0.1, 0.15) is 39.5 Å². The van der Waals surface area contributed by atoms with E-state index in [2.05, 4.69) is 5.32 Å². The molecule has 0 aromatic rings. The van der Waals surface area contributed by atoms with Crippen molar-refractivity contribution in [3.05, 3.63) is 0 Å². The Balaban J connectivity index is 3.80. The predicted octanol–water partition coefficient (Wildman–Crippen LogP) is 0.557. The van der Waals surface area contributed by atoms with Crippen LogP contribution in [0.5, 0.6) is 0 Å². The van der Waals surface area contributed by atoms with Gasteiger partial charge < -0.3 is 11.1 Å². The van der Waals surface area contributed by atoms with Crippen LogP contribution in [0.3, 0.4) is 0 Å². The van der Waals surface area contributed by atoms with E-state index in [0.29, 0.717) is 12.8 Å². The van der Waals surface area contributed by atoms with Crippen LogP contribution in [-0.4, -0.2) is 17.9 Å². The Morgan fingerprint density at radius 1 is 1.38 bits per heavy atom. The molecule has 4 heteroatoms. The Bertz CT molecular complexity index is 180. The van der Waals surface area contributed by atoms with E-state index in [0.717, 1.165) is 12.8 Å². The highest BCUT2D eigenvalue weighted by Gasteiger charge is 2.14. The number of hydrogen-bond acceptors (Lipinski definition) is 2. The van der Waals surface area contributed by atoms with Gasteiger partial charge in [0.25, 0.3) is 0 Å². The summed E-state index contributed by atoms with van der Waals surface area (Å²) in [5.41, 5.74) is 5.07. The second-order valence-corrected chi connectivity index (χ2v) is 3.03. The van der Waals surface area contributed by atoms with Gasteiger partial charge in [0.1, 0.15) is 6.04 Å². The predicted molar refractivity (Wildman–Crippen MR) is 50.9 cm³/mol. The van der Waals surface area contributed by atoms with Crippen molar-refractivity contribution in [3.8, 4) is 0 Å². The number of nitrogens with one attached hydrogen (secondary N) is 1. The van der Waals surface area contributed by atoms with Gasteiger partial charge in [0.05, 0.1) is 0 Å². The number of rotatable bonds is 6. The first-order valence-electron chi connectivity index (χ1n) is 4.70. The average Bonchev–Trinajstić information content (AvgIpc) is 2.10. The van der Waals surface area contributed by atoms with Gasteiger partial charge in [-0.1, -0.05) is 20.3 Å². The van der Waals surface area contributed by atoms with Crippen molar-refractivity contribution in [1.29, 1.82) is 0 Å². The Kier molecular flexibility index (Phi) is 5.93. The van der Waals surface area contributed by atoms with Gasteiger partial charge in [0, 0.05) is 6.42 Å². The van der Waals surface area contributed by atoms with Crippen LogP contribution in [0.2, 0.25) is 0 Å². The second-order valence-electron chi connectivity index (χ2n) is 3.03. The molecule has 0 bridgehead atoms. The lowest BCUT2D eigenvalue weighted by Gasteiger charge is -2.12. The number of unbranched alkanes of at least 4 members (excludes halogenated alkanes) is 1. The Labute approximate surface area is 78.9 Å². The fourth-order valence-electron chi connectivity index (χ4n) is 0.978. The summed E-state index contributed by atoms with van der Waals surface area (Å²) in [5.74, 6) is -0.556. The molecule has 0 spiro atoms. The molecule has 0 aliphatic rings. The van der Waals surface area contributed by atoms with Gasteiger partial charge in [-0.05, 0) is 12.8 Å². The van der Waals surface area contributed by atoms with Crippen molar-refractivity contribution < 1.29 is 9.59 Å². The molecule has 1 atom stereocenters. The molecule has 0 saturated carbocycles. The van der Waals surface area contributed by atoms with E-state index in [9.17, 15) is 9.59 Å². The molecule has 0 saturated heterocycles. The molecule has 0 aromatic carbocycles. The zero-order valence-corrected chi connectivity index (χ0v) is 8.30. The van der Waals surface area contributed by atoms with Crippen LogP contribution in [0.4, 0.5) is 0 Å². The minimum Gasteiger partial charge on any atom is -0.368 e. The first-order valence-corrected chi connectivity index (χ1v) is 4.70. The van der Waals surface area contributed by atoms with E-state index >= 15 is 0 Å². The summed E-state index contributed by atoms with van der Waals surface area (Å²) in [4.78, 5) is 21.9. The third kappa shape index (κ3) is 5.22. The Hall–Kier alpha value is -1.06. The van der Waals surface area contributed by atoms with Gasteiger partial charge in [-0.2, -0.15) is 0 Å². The van der Waals surface area contributed by atoms with Gasteiger partial charge in [-0.15, -0.1) is 0 Å². The van der Waals surface area contributed by atoms with E-state index in [1.54, 1.807) is 0 Å². The van der Waals surface area contributed by atoms with Crippen LogP contribution < -0.4 is 11.1 Å². The highest BCUT2D eigenvalue weighted by Crippen LogP contribution is 1.96. The molecule has 0 aromatic heterocycles. The SMILES string of the molecule is CCCCC(=O)N[C@@H](CC)C(N)=O. The van der Waals surface area contributed by atoms with Gasteiger partial charge in [0.15, 0.2) is 0 Å². The summed E-state index contributed by atoms with van der Waals surface area (Å²) in [6.07, 6.45) is 2.84. The quantitative estimate of drug-likeness (QED) is 0.636. The van der Waals surface area contributed by atoms with E-state index in [1.807, 2.05) is 13.8 Å². The Morgan fingerprint density at radius 2 is 2.00 bits per heavy atom. The standard InChI is InChI=1S/C9H18N2O2/c1-3-5-6-8(12)11-7(4-2)9(10)13/h7H,3-6H2,1-2H3,(H2,10,13)(H,11,12)/t7-/m0/s1. The summed E-state index contributed by atoms with van der Waals surface area (Å²) in [6, 6.07) is -0.510. The lowest BCUT2D eigenvalue weighted by atomic mass is 10.2. The summed E-state index contributed by atoms with van der Waals surface area (Å²) in [5, 5.41) is 2.59. The molecular weight excluding hydrogens is 168 g/mol. The molecule has 13 heavy (non-hydrogen) atoms. The number of primary amides is 1. The molecule has 0 aliphatic heterocycles. The van der Waals surface area contributed by atoms with Gasteiger partial charge in [-0.3, -0.25) is 9.59 Å². The first kappa shape index (κ1) is 11.9. The van der Waals surface area contributed by atoms with Crippen LogP contribution in [-0.2, 0) is 9.59 Å². The maximum absolute atomic E-state index is 11.2. The summed E-state index contributed by atoms with van der Waals surface area (Å²) in [6.45, 7) is 3.83. The molecule has 3 N–H and O–H groups in total. The molecule has 0 aliphatic carbocycles. The normalized spacial score (nSPS) is 12.2. The van der Waals surface area contributed by atoms with Crippen molar-refractivity contribution in [2.75, 3.05) is 0 Å². The molecule has 0 radical (unpaired) electrons. The number of hydrogen-bond donors (Lipinski definition) is 2. The molecule has 0 rings (SSSR count). The topological polar surface area (TPSA) is 72.2 Å². The monoisotopic (exact) mass is 186 g/mol. The molecule has 0 unspecified atom stereocenters. The van der Waals surface area contributed by atoms with Gasteiger partial charge in [-0.25, -0.2) is 0 Å². The molecular formula is C9H18N2O2. The first-order chi connectivity index (χ1) is 6.11. The molecule has 0 fully saturated rings. The maximum atomic E-state index is 11.2. The molecule has 2 amide bonds. The zero-order valence-electron chi connectivity index (χ0n) is 8.30. The molecule has 76 valence electrons. The minimum absolute atomic E-state index is 0.0903. The largest absolute Gasteiger partial charge is 0.368 e. The number of nitrogens with two attached hydrogens (primary N) is 1. The highest BCUT2D eigenvalue weighted by molar-refractivity contribution is 5.86. The third-order valence-corrected chi connectivity index (χ3v) is 1.84. The van der Waals surface area contributed by atoms with Crippen molar-refractivity contribution >= 4 is 11.8 Å². The second kappa shape index (κ2) is 6.46. The molecule has 0 heterocycles. The van der Waals surface area contributed by atoms with Crippen molar-refractivity contribution in [1.82, 2.24) is 5.32 Å². The van der Waals surface area contributed by atoms with E-state index in [1.165, 1.54) is 0 Å². The smallest absolute Gasteiger partial charge is 0.239 e. The van der Waals surface area contributed by atoms with E-state index in [4.69, 9.17) is 5.73 Å². The average molecular weight is 186 g/mol. The number of carbonyl (C=O) groups excluding carboxylic acids is 2. The fourth-order valence-corrected chi connectivity index (χ4v) is 0.978. The lowest BCUT2D eigenvalue weighted by molar-refractivity contribution is -0.127. The van der Waals surface area contributed by atoms with Crippen LogP contribution in [0.15, 0.2) is 0 Å². The van der Waals surface area contributed by atoms with E-state index < -0.39 is 11.9 Å². The number of amides is 2. The van der Waals surface area contributed by atoms with Gasteiger partial charge in [0.2, 0.25) is 11.8 Å². The van der Waals surface area contributed by atoms with Crippen molar-refractivity contribution in [2.24, 2.45) is 5.73 Å². The summed E-state index contributed by atoms with van der Waals surface area (Å²) in [7, 11) is 0. The van der Waals surface area contributed by atoms with Crippen LogP contribution >= 0.6 is 0 Å². The highest BCUT2D eigenvalue weighted by atomic mass is 16.2.